The minimum Gasteiger partial charge on any atom is -0.378 e. The molecule has 0 aromatic heterocycles. The van der Waals surface area contributed by atoms with E-state index in [-0.39, 0.29) is 22.5 Å². The van der Waals surface area contributed by atoms with Gasteiger partial charge in [0, 0.05) is 36.9 Å². The molecule has 0 aromatic carbocycles. The summed E-state index contributed by atoms with van der Waals surface area (Å²) in [6.45, 7) is 5.54. The van der Waals surface area contributed by atoms with Crippen LogP contribution in [0.2, 0.25) is 0 Å². The minimum absolute atomic E-state index is 0.112. The quantitative estimate of drug-likeness (QED) is 0.249. The zero-order valence-corrected chi connectivity index (χ0v) is 23.4. The van der Waals surface area contributed by atoms with Gasteiger partial charge in [0.05, 0.1) is 44.9 Å². The van der Waals surface area contributed by atoms with Crippen molar-refractivity contribution in [2.24, 2.45) is 29.4 Å². The van der Waals surface area contributed by atoms with E-state index in [0.717, 1.165) is 51.6 Å². The summed E-state index contributed by atoms with van der Waals surface area (Å²) in [6, 6.07) is 0. The third-order valence-corrected chi connectivity index (χ3v) is 10.7. The van der Waals surface area contributed by atoms with Crippen molar-refractivity contribution in [1.82, 2.24) is 9.62 Å². The van der Waals surface area contributed by atoms with Crippen molar-refractivity contribution in [3.8, 4) is 0 Å². The molecule has 1 aliphatic heterocycles. The normalized spacial score (nSPS) is 34.6. The standard InChI is InChI=1S/C24H45Cl2N3O5S/c1-29-16-22(21-14-19(25)15-24(26)23(21)17-29)18-3-2-4-20(13-18)35(30,31)28-6-8-33-10-12-34-11-9-32-7-5-27/h18-24,28H,2-17,27H2,1H3. The number of alkyl halides is 2. The summed E-state index contributed by atoms with van der Waals surface area (Å²) < 4.78 is 45.0. The molecule has 35 heavy (non-hydrogen) atoms. The number of piperidine rings is 1. The molecule has 0 amide bonds. The lowest BCUT2D eigenvalue weighted by atomic mass is 9.63. The van der Waals surface area contributed by atoms with Gasteiger partial charge in [-0.15, -0.1) is 23.2 Å². The molecular weight excluding hydrogens is 513 g/mol. The lowest BCUT2D eigenvalue weighted by molar-refractivity contribution is 0.0109. The molecule has 0 radical (unpaired) electrons. The number of fused-ring (bicyclic) bond motifs is 1. The van der Waals surface area contributed by atoms with E-state index < -0.39 is 10.0 Å². The van der Waals surface area contributed by atoms with Gasteiger partial charge in [-0.3, -0.25) is 0 Å². The zero-order valence-electron chi connectivity index (χ0n) is 21.1. The van der Waals surface area contributed by atoms with Crippen LogP contribution in [0.4, 0.5) is 0 Å². The molecule has 3 N–H and O–H groups in total. The molecule has 1 heterocycles. The maximum atomic E-state index is 13.1. The highest BCUT2D eigenvalue weighted by Gasteiger charge is 2.47. The topological polar surface area (TPSA) is 103 Å². The van der Waals surface area contributed by atoms with E-state index in [0.29, 0.717) is 69.9 Å². The summed E-state index contributed by atoms with van der Waals surface area (Å²) >= 11 is 13.3. The van der Waals surface area contributed by atoms with Crippen molar-refractivity contribution in [2.75, 3.05) is 72.9 Å². The lowest BCUT2D eigenvalue weighted by Crippen LogP contribution is -2.54. The number of rotatable bonds is 14. The summed E-state index contributed by atoms with van der Waals surface area (Å²) in [5, 5.41) is -0.100. The Morgan fingerprint density at radius 3 is 2.26 bits per heavy atom. The fourth-order valence-electron chi connectivity index (χ4n) is 6.28. The van der Waals surface area contributed by atoms with Crippen LogP contribution in [-0.2, 0) is 24.2 Å². The Labute approximate surface area is 221 Å². The molecule has 8 nitrogen and oxygen atoms in total. The van der Waals surface area contributed by atoms with Gasteiger partial charge in [-0.05, 0) is 56.4 Å². The number of nitrogens with one attached hydrogen (secondary N) is 1. The SMILES string of the molecule is CN1CC2C(Cl)CC(Cl)CC2C(C2CCCC(S(=O)(=O)NCCOCCOCCOCCN)C2)C1. The van der Waals surface area contributed by atoms with Crippen LogP contribution >= 0.6 is 23.2 Å². The predicted molar refractivity (Wildman–Crippen MR) is 141 cm³/mol. The van der Waals surface area contributed by atoms with Crippen LogP contribution < -0.4 is 10.5 Å². The number of nitrogens with two attached hydrogens (primary N) is 1. The van der Waals surface area contributed by atoms with Crippen LogP contribution in [0, 0.1) is 23.7 Å². The van der Waals surface area contributed by atoms with Gasteiger partial charge >= 0.3 is 0 Å². The van der Waals surface area contributed by atoms with Gasteiger partial charge in [-0.1, -0.05) is 12.8 Å². The predicted octanol–water partition coefficient (Wildman–Crippen LogP) is 2.28. The van der Waals surface area contributed by atoms with Crippen LogP contribution in [0.15, 0.2) is 0 Å². The van der Waals surface area contributed by atoms with Crippen molar-refractivity contribution >= 4 is 33.2 Å². The third kappa shape index (κ3) is 9.21. The van der Waals surface area contributed by atoms with Gasteiger partial charge in [0.1, 0.15) is 0 Å². The summed E-state index contributed by atoms with van der Waals surface area (Å²) in [5.74, 6) is 1.80. The molecule has 2 saturated carbocycles. The van der Waals surface area contributed by atoms with Crippen molar-refractivity contribution < 1.29 is 22.6 Å². The van der Waals surface area contributed by atoms with E-state index in [2.05, 4.69) is 16.7 Å². The second-order valence-corrected chi connectivity index (χ2v) is 13.6. The Kier molecular flexibility index (Phi) is 12.8. The number of hydrogen-bond donors (Lipinski definition) is 2. The van der Waals surface area contributed by atoms with E-state index in [1.165, 1.54) is 0 Å². The first-order chi connectivity index (χ1) is 16.8. The van der Waals surface area contributed by atoms with Gasteiger partial charge < -0.3 is 24.8 Å². The Balaban J connectivity index is 1.40. The molecule has 1 saturated heterocycles. The number of likely N-dealkylation sites (tertiary alicyclic amines) is 1. The number of ether oxygens (including phenoxy) is 3. The average molecular weight is 559 g/mol. The Morgan fingerprint density at radius 2 is 1.54 bits per heavy atom. The van der Waals surface area contributed by atoms with E-state index in [4.69, 9.17) is 43.1 Å². The van der Waals surface area contributed by atoms with Gasteiger partial charge in [-0.25, -0.2) is 13.1 Å². The van der Waals surface area contributed by atoms with Crippen LogP contribution in [0.5, 0.6) is 0 Å². The first kappa shape index (κ1) is 29.8. The first-order valence-corrected chi connectivity index (χ1v) is 15.6. The van der Waals surface area contributed by atoms with Crippen LogP contribution in [-0.4, -0.2) is 102 Å². The highest BCUT2D eigenvalue weighted by atomic mass is 35.5. The van der Waals surface area contributed by atoms with Crippen molar-refractivity contribution in [3.05, 3.63) is 0 Å². The van der Waals surface area contributed by atoms with E-state index in [1.54, 1.807) is 0 Å². The van der Waals surface area contributed by atoms with Gasteiger partial charge in [0.15, 0.2) is 0 Å². The summed E-state index contributed by atoms with van der Waals surface area (Å²) in [6.07, 6.45) is 5.35. The molecule has 7 atom stereocenters. The zero-order chi connectivity index (χ0) is 25.3. The molecular formula is C24H45Cl2N3O5S. The van der Waals surface area contributed by atoms with E-state index in [9.17, 15) is 8.42 Å². The third-order valence-electron chi connectivity index (χ3n) is 7.89. The van der Waals surface area contributed by atoms with Crippen molar-refractivity contribution in [2.45, 2.75) is 54.5 Å². The summed E-state index contributed by atoms with van der Waals surface area (Å²) in [4.78, 5) is 2.39. The molecule has 3 fully saturated rings. The second kappa shape index (κ2) is 15.0. The monoisotopic (exact) mass is 557 g/mol. The molecule has 11 heteroatoms. The molecule has 0 bridgehead atoms. The number of nitrogens with zero attached hydrogens (tertiary/aromatic N) is 1. The second-order valence-electron chi connectivity index (χ2n) is 10.4. The maximum absolute atomic E-state index is 13.1. The maximum Gasteiger partial charge on any atom is 0.214 e. The number of sulfonamides is 1. The van der Waals surface area contributed by atoms with Crippen LogP contribution in [0.3, 0.4) is 0 Å². The van der Waals surface area contributed by atoms with Gasteiger partial charge in [0.25, 0.3) is 0 Å². The molecule has 0 spiro atoms. The van der Waals surface area contributed by atoms with Crippen molar-refractivity contribution in [3.63, 3.8) is 0 Å². The van der Waals surface area contributed by atoms with Crippen molar-refractivity contribution in [1.29, 1.82) is 0 Å². The van der Waals surface area contributed by atoms with Gasteiger partial charge in [0.2, 0.25) is 10.0 Å². The fourth-order valence-corrected chi connectivity index (χ4v) is 8.83. The van der Waals surface area contributed by atoms with Gasteiger partial charge in [-0.2, -0.15) is 0 Å². The Morgan fingerprint density at radius 1 is 0.886 bits per heavy atom. The molecule has 3 aliphatic rings. The highest BCUT2D eigenvalue weighted by Crippen LogP contribution is 2.48. The Hall–Kier alpha value is 0.290. The first-order valence-electron chi connectivity index (χ1n) is 13.2. The average Bonchev–Trinajstić information content (AvgIpc) is 2.82. The lowest BCUT2D eigenvalue weighted by Gasteiger charge is -2.51. The number of hydrogen-bond acceptors (Lipinski definition) is 7. The van der Waals surface area contributed by atoms with E-state index in [1.807, 2.05) is 0 Å². The fraction of sp³-hybridized carbons (Fsp3) is 1.00. The van der Waals surface area contributed by atoms with Crippen LogP contribution in [0.1, 0.15) is 38.5 Å². The Bertz CT molecular complexity index is 719. The minimum atomic E-state index is -3.38. The molecule has 0 aromatic rings. The largest absolute Gasteiger partial charge is 0.378 e. The molecule has 206 valence electrons. The highest BCUT2D eigenvalue weighted by molar-refractivity contribution is 7.90. The molecule has 2 aliphatic carbocycles. The summed E-state index contributed by atoms with van der Waals surface area (Å²) in [5.41, 5.74) is 5.35. The van der Waals surface area contributed by atoms with E-state index >= 15 is 0 Å². The molecule has 7 unspecified atom stereocenters. The smallest absolute Gasteiger partial charge is 0.214 e. The summed E-state index contributed by atoms with van der Waals surface area (Å²) in [7, 11) is -1.22. The molecule has 3 rings (SSSR count). The number of halogens is 2. The van der Waals surface area contributed by atoms with Crippen LogP contribution in [0.25, 0.3) is 0 Å².